The lowest BCUT2D eigenvalue weighted by Crippen LogP contribution is -2.45. The topological polar surface area (TPSA) is 54.2 Å². The second-order valence-electron chi connectivity index (χ2n) is 7.38. The third-order valence-corrected chi connectivity index (χ3v) is 5.51. The minimum Gasteiger partial charge on any atom is -0.369 e. The molecular weight excluding hydrogens is 343 g/mol. The van der Waals surface area contributed by atoms with Gasteiger partial charge in [0.1, 0.15) is 17.3 Å². The maximum absolute atomic E-state index is 13.1. The minimum atomic E-state index is -0.270. The molecule has 27 heavy (non-hydrogen) atoms. The van der Waals surface area contributed by atoms with Crippen LogP contribution in [-0.2, 0) is 0 Å². The first-order valence-electron chi connectivity index (χ1n) is 9.64. The number of likely N-dealkylation sites (tertiary alicyclic amines) is 1. The van der Waals surface area contributed by atoms with Gasteiger partial charge in [-0.15, -0.1) is 0 Å². The van der Waals surface area contributed by atoms with Crippen molar-refractivity contribution in [1.29, 1.82) is 0 Å². The van der Waals surface area contributed by atoms with Gasteiger partial charge in [-0.2, -0.15) is 4.98 Å². The summed E-state index contributed by atoms with van der Waals surface area (Å²) in [6.07, 6.45) is 3.88. The molecule has 0 saturated carbocycles. The minimum absolute atomic E-state index is 0.270. The summed E-state index contributed by atoms with van der Waals surface area (Å²) >= 11 is 0. The van der Waals surface area contributed by atoms with E-state index in [1.54, 1.807) is 12.1 Å². The average Bonchev–Trinajstić information content (AvgIpc) is 3.08. The van der Waals surface area contributed by atoms with E-state index in [1.807, 2.05) is 12.1 Å². The Kier molecular flexibility index (Phi) is 5.07. The van der Waals surface area contributed by atoms with E-state index in [4.69, 9.17) is 4.52 Å². The lowest BCUT2D eigenvalue weighted by Gasteiger charge is -2.39. The van der Waals surface area contributed by atoms with Crippen LogP contribution in [0, 0.1) is 5.82 Å². The van der Waals surface area contributed by atoms with Crippen molar-refractivity contribution in [2.75, 3.05) is 18.4 Å². The number of hydrogen-bond acceptors (Lipinski definition) is 5. The Morgan fingerprint density at radius 1 is 1.11 bits per heavy atom. The summed E-state index contributed by atoms with van der Waals surface area (Å²) in [5.41, 5.74) is 1.98. The number of nitrogens with one attached hydrogen (secondary N) is 1. The second-order valence-corrected chi connectivity index (χ2v) is 7.38. The first kappa shape index (κ1) is 17.9. The molecule has 1 N–H and O–H groups in total. The summed E-state index contributed by atoms with van der Waals surface area (Å²) < 4.78 is 18.5. The van der Waals surface area contributed by atoms with Crippen LogP contribution in [-0.4, -0.2) is 40.2 Å². The number of pyridine rings is 1. The zero-order valence-electron chi connectivity index (χ0n) is 15.8. The van der Waals surface area contributed by atoms with Gasteiger partial charge in [0.15, 0.2) is 0 Å². The first-order chi connectivity index (χ1) is 13.1. The lowest BCUT2D eigenvalue weighted by atomic mass is 9.98. The van der Waals surface area contributed by atoms with E-state index in [-0.39, 0.29) is 5.82 Å². The fourth-order valence-corrected chi connectivity index (χ4v) is 3.97. The van der Waals surface area contributed by atoms with Crippen molar-refractivity contribution in [2.45, 2.75) is 45.2 Å². The quantitative estimate of drug-likeness (QED) is 0.707. The molecule has 0 aliphatic carbocycles. The van der Waals surface area contributed by atoms with Gasteiger partial charge in [-0.3, -0.25) is 4.90 Å². The molecule has 1 saturated heterocycles. The van der Waals surface area contributed by atoms with Crippen molar-refractivity contribution in [3.63, 3.8) is 0 Å². The molecule has 0 radical (unpaired) electrons. The molecule has 1 aromatic carbocycles. The fraction of sp³-hybridized carbons (Fsp3) is 0.429. The molecule has 0 spiro atoms. The van der Waals surface area contributed by atoms with E-state index in [2.05, 4.69) is 34.2 Å². The molecule has 6 heteroatoms. The normalized spacial score (nSPS) is 20.9. The van der Waals surface area contributed by atoms with Gasteiger partial charge in [-0.25, -0.2) is 4.39 Å². The van der Waals surface area contributed by atoms with Crippen molar-refractivity contribution in [2.24, 2.45) is 0 Å². The van der Waals surface area contributed by atoms with Gasteiger partial charge in [0, 0.05) is 30.7 Å². The first-order valence-corrected chi connectivity index (χ1v) is 9.64. The number of nitrogens with zero attached hydrogens (tertiary/aromatic N) is 3. The second kappa shape index (κ2) is 7.64. The number of fused-ring (bicyclic) bond motifs is 1. The maximum atomic E-state index is 13.1. The monoisotopic (exact) mass is 368 g/mol. The predicted molar refractivity (Wildman–Crippen MR) is 105 cm³/mol. The molecular formula is C21H25FN4O. The summed E-state index contributed by atoms with van der Waals surface area (Å²) in [7, 11) is 0. The summed E-state index contributed by atoms with van der Waals surface area (Å²) in [6, 6.07) is 11.4. The number of anilines is 1. The summed E-state index contributed by atoms with van der Waals surface area (Å²) in [4.78, 5) is 7.09. The SMILES string of the molecule is CC1CCCC(C)N1CCNc1ccc2c(-c3ccc(F)cc3)noc2n1. The van der Waals surface area contributed by atoms with Gasteiger partial charge in [0.2, 0.25) is 0 Å². The standard InChI is InChI=1S/C21H25FN4O/c1-14-4-3-5-15(2)26(14)13-12-23-19-11-10-18-20(25-27-21(18)24-19)16-6-8-17(22)9-7-16/h6-11,14-15H,3-5,12-13H2,1-2H3,(H,23,24). The largest absolute Gasteiger partial charge is 0.369 e. The molecule has 1 fully saturated rings. The summed E-state index contributed by atoms with van der Waals surface area (Å²) in [6.45, 7) is 6.46. The van der Waals surface area contributed by atoms with Crippen LogP contribution in [0.3, 0.4) is 0 Å². The highest BCUT2D eigenvalue weighted by Crippen LogP contribution is 2.28. The van der Waals surface area contributed by atoms with Crippen LogP contribution >= 0.6 is 0 Å². The third kappa shape index (κ3) is 3.81. The predicted octanol–water partition coefficient (Wildman–Crippen LogP) is 4.70. The Hall–Kier alpha value is -2.47. The number of benzene rings is 1. The average molecular weight is 368 g/mol. The van der Waals surface area contributed by atoms with Gasteiger partial charge in [0.25, 0.3) is 5.71 Å². The highest BCUT2D eigenvalue weighted by atomic mass is 19.1. The van der Waals surface area contributed by atoms with Gasteiger partial charge in [-0.1, -0.05) is 11.6 Å². The van der Waals surface area contributed by atoms with Crippen molar-refractivity contribution < 1.29 is 8.91 Å². The van der Waals surface area contributed by atoms with Crippen LogP contribution in [0.2, 0.25) is 0 Å². The molecule has 2 atom stereocenters. The van der Waals surface area contributed by atoms with Crippen molar-refractivity contribution >= 4 is 16.9 Å². The zero-order chi connectivity index (χ0) is 18.8. The lowest BCUT2D eigenvalue weighted by molar-refractivity contribution is 0.109. The molecule has 0 bridgehead atoms. The van der Waals surface area contributed by atoms with E-state index >= 15 is 0 Å². The van der Waals surface area contributed by atoms with Crippen LogP contribution in [0.4, 0.5) is 10.2 Å². The van der Waals surface area contributed by atoms with Crippen LogP contribution in [0.15, 0.2) is 40.9 Å². The zero-order valence-corrected chi connectivity index (χ0v) is 15.8. The number of rotatable bonds is 5. The van der Waals surface area contributed by atoms with Crippen molar-refractivity contribution in [3.05, 3.63) is 42.2 Å². The van der Waals surface area contributed by atoms with Crippen molar-refractivity contribution in [1.82, 2.24) is 15.0 Å². The van der Waals surface area contributed by atoms with E-state index in [1.165, 1.54) is 31.4 Å². The molecule has 1 aliphatic rings. The number of halogens is 1. The highest BCUT2D eigenvalue weighted by molar-refractivity contribution is 5.90. The summed E-state index contributed by atoms with van der Waals surface area (Å²) in [5, 5.41) is 8.33. The van der Waals surface area contributed by atoms with Crippen LogP contribution < -0.4 is 5.32 Å². The van der Waals surface area contributed by atoms with Crippen LogP contribution in [0.25, 0.3) is 22.4 Å². The molecule has 3 aromatic rings. The molecule has 0 amide bonds. The smallest absolute Gasteiger partial charge is 0.260 e. The van der Waals surface area contributed by atoms with Gasteiger partial charge in [0.05, 0.1) is 5.39 Å². The van der Waals surface area contributed by atoms with Crippen LogP contribution in [0.1, 0.15) is 33.1 Å². The third-order valence-electron chi connectivity index (χ3n) is 5.51. The fourth-order valence-electron chi connectivity index (χ4n) is 3.97. The maximum Gasteiger partial charge on any atom is 0.260 e. The number of piperidine rings is 1. The van der Waals surface area contributed by atoms with Crippen LogP contribution in [0.5, 0.6) is 0 Å². The molecule has 142 valence electrons. The molecule has 3 heterocycles. The van der Waals surface area contributed by atoms with Gasteiger partial charge in [-0.05, 0) is 63.1 Å². The van der Waals surface area contributed by atoms with E-state index in [0.29, 0.717) is 23.5 Å². The Morgan fingerprint density at radius 3 is 2.59 bits per heavy atom. The van der Waals surface area contributed by atoms with Gasteiger partial charge >= 0.3 is 0 Å². The number of hydrogen-bond donors (Lipinski definition) is 1. The molecule has 4 rings (SSSR count). The Morgan fingerprint density at radius 2 is 1.85 bits per heavy atom. The number of aromatic nitrogens is 2. The molecule has 2 aromatic heterocycles. The highest BCUT2D eigenvalue weighted by Gasteiger charge is 2.23. The van der Waals surface area contributed by atoms with Gasteiger partial charge < -0.3 is 9.84 Å². The molecule has 5 nitrogen and oxygen atoms in total. The van der Waals surface area contributed by atoms with E-state index in [0.717, 1.165) is 29.9 Å². The van der Waals surface area contributed by atoms with E-state index in [9.17, 15) is 4.39 Å². The summed E-state index contributed by atoms with van der Waals surface area (Å²) in [5.74, 6) is 0.509. The van der Waals surface area contributed by atoms with E-state index < -0.39 is 0 Å². The Labute approximate surface area is 158 Å². The van der Waals surface area contributed by atoms with Crippen molar-refractivity contribution in [3.8, 4) is 11.3 Å². The molecule has 2 unspecified atom stereocenters. The Balaban J connectivity index is 1.44. The Bertz CT molecular complexity index is 898. The molecule has 1 aliphatic heterocycles.